The van der Waals surface area contributed by atoms with Gasteiger partial charge in [-0.3, -0.25) is 0 Å². The number of anilines is 6. The van der Waals surface area contributed by atoms with E-state index in [9.17, 15) is 0 Å². The number of fused-ring (bicyclic) bond motifs is 7. The van der Waals surface area contributed by atoms with Crippen molar-refractivity contribution in [1.29, 1.82) is 0 Å². The Morgan fingerprint density at radius 3 is 1.54 bits per heavy atom. The Labute approximate surface area is 327 Å². The molecule has 0 radical (unpaired) electrons. The van der Waals surface area contributed by atoms with Gasteiger partial charge in [-0.25, -0.2) is 0 Å². The largest absolute Gasteiger partial charge is 0.456 e. The third-order valence-electron chi connectivity index (χ3n) is 11.3. The summed E-state index contributed by atoms with van der Waals surface area (Å²) in [5, 5.41) is 10.2. The standard InChI is InChI=1S/C52H32N2OS/c1-5-15-34(16-6-1)53(35-17-7-2-8-18-35)38-24-26-40-44-30-33-14-13-23-42-48(33)51-43(28-29-45(50(44)51)55-46(40)31-38)52-49(42)41-27-25-39(32-47(41)56-52)54(36-19-9-3-10-20-36)37-21-11-4-12-22-37/h1-32H. The molecule has 1 aliphatic heterocycles. The second-order valence-electron chi connectivity index (χ2n) is 14.5. The van der Waals surface area contributed by atoms with Gasteiger partial charge in [-0.15, -0.1) is 11.3 Å². The predicted octanol–water partition coefficient (Wildman–Crippen LogP) is 15.7. The fraction of sp³-hybridized carbons (Fsp3) is 0. The Morgan fingerprint density at radius 1 is 0.339 bits per heavy atom. The summed E-state index contributed by atoms with van der Waals surface area (Å²) in [4.78, 5) is 4.63. The van der Waals surface area contributed by atoms with Crippen LogP contribution in [-0.4, -0.2) is 0 Å². The minimum Gasteiger partial charge on any atom is -0.456 e. The van der Waals surface area contributed by atoms with Crippen molar-refractivity contribution in [1.82, 2.24) is 0 Å². The van der Waals surface area contributed by atoms with Crippen molar-refractivity contribution in [3.63, 3.8) is 0 Å². The van der Waals surface area contributed by atoms with Gasteiger partial charge in [0.15, 0.2) is 0 Å². The zero-order valence-electron chi connectivity index (χ0n) is 30.2. The highest BCUT2D eigenvalue weighted by Gasteiger charge is 2.27. The molecule has 2 heterocycles. The van der Waals surface area contributed by atoms with Crippen LogP contribution in [0.3, 0.4) is 0 Å². The third kappa shape index (κ3) is 4.63. The summed E-state index contributed by atoms with van der Waals surface area (Å²) in [5.41, 5.74) is 8.99. The van der Waals surface area contributed by atoms with E-state index in [1.165, 1.54) is 58.1 Å². The maximum atomic E-state index is 6.92. The fourth-order valence-corrected chi connectivity index (χ4v) is 10.2. The van der Waals surface area contributed by atoms with E-state index in [0.717, 1.165) is 51.2 Å². The summed E-state index contributed by atoms with van der Waals surface area (Å²) in [7, 11) is 0. The Morgan fingerprint density at radius 2 is 0.911 bits per heavy atom. The van der Waals surface area contributed by atoms with E-state index in [2.05, 4.69) is 204 Å². The van der Waals surface area contributed by atoms with Gasteiger partial charge >= 0.3 is 0 Å². The fourth-order valence-electron chi connectivity index (χ4n) is 8.96. The number of para-hydroxylation sites is 4. The van der Waals surface area contributed by atoms with Crippen LogP contribution in [0.2, 0.25) is 0 Å². The normalized spacial score (nSPS) is 12.1. The number of hydrogen-bond acceptors (Lipinski definition) is 4. The number of thiophene rings is 1. The van der Waals surface area contributed by atoms with Crippen molar-refractivity contribution in [2.75, 3.05) is 9.80 Å². The molecule has 0 atom stereocenters. The van der Waals surface area contributed by atoms with E-state index in [-0.39, 0.29) is 0 Å². The maximum absolute atomic E-state index is 6.92. The molecule has 0 amide bonds. The highest BCUT2D eigenvalue weighted by Crippen LogP contribution is 2.55. The minimum absolute atomic E-state index is 0.866. The molecule has 1 aromatic heterocycles. The first-order valence-electron chi connectivity index (χ1n) is 19.0. The molecule has 11 aromatic rings. The highest BCUT2D eigenvalue weighted by atomic mass is 32.1. The van der Waals surface area contributed by atoms with Crippen LogP contribution in [0.25, 0.3) is 63.6 Å². The quantitative estimate of drug-likeness (QED) is 0.158. The Balaban J connectivity index is 1.06. The topological polar surface area (TPSA) is 15.7 Å². The molecule has 56 heavy (non-hydrogen) atoms. The number of rotatable bonds is 6. The average Bonchev–Trinajstić information content (AvgIpc) is 3.65. The molecule has 0 spiro atoms. The monoisotopic (exact) mass is 732 g/mol. The van der Waals surface area contributed by atoms with Crippen LogP contribution in [0.4, 0.5) is 34.1 Å². The molecule has 12 rings (SSSR count). The van der Waals surface area contributed by atoms with Gasteiger partial charge in [0.2, 0.25) is 0 Å². The van der Waals surface area contributed by atoms with Crippen LogP contribution < -0.4 is 14.5 Å². The lowest BCUT2D eigenvalue weighted by molar-refractivity contribution is 0.487. The van der Waals surface area contributed by atoms with Crippen molar-refractivity contribution >= 4 is 98.0 Å². The molecule has 0 unspecified atom stereocenters. The highest BCUT2D eigenvalue weighted by molar-refractivity contribution is 7.27. The smallest absolute Gasteiger partial charge is 0.137 e. The lowest BCUT2D eigenvalue weighted by atomic mass is 9.85. The molecule has 0 aliphatic carbocycles. The molecule has 0 bridgehead atoms. The third-order valence-corrected chi connectivity index (χ3v) is 12.5. The van der Waals surface area contributed by atoms with Gasteiger partial charge in [0.25, 0.3) is 0 Å². The Kier molecular flexibility index (Phi) is 6.80. The van der Waals surface area contributed by atoms with E-state index in [1.807, 2.05) is 11.3 Å². The summed E-state index contributed by atoms with van der Waals surface area (Å²) in [6.45, 7) is 0. The molecular formula is C52H32N2OS. The summed E-state index contributed by atoms with van der Waals surface area (Å²) in [6, 6.07) is 69.7. The van der Waals surface area contributed by atoms with Crippen molar-refractivity contribution in [3.05, 3.63) is 194 Å². The van der Waals surface area contributed by atoms with Crippen molar-refractivity contribution in [3.8, 4) is 22.6 Å². The van der Waals surface area contributed by atoms with Crippen LogP contribution in [-0.2, 0) is 0 Å². The second kappa shape index (κ2) is 12.2. The van der Waals surface area contributed by atoms with Gasteiger partial charge in [0.1, 0.15) is 11.5 Å². The molecule has 0 N–H and O–H groups in total. The van der Waals surface area contributed by atoms with E-state index < -0.39 is 0 Å². The van der Waals surface area contributed by atoms with E-state index in [4.69, 9.17) is 4.74 Å². The number of ether oxygens (including phenoxy) is 1. The van der Waals surface area contributed by atoms with Gasteiger partial charge in [-0.1, -0.05) is 97.1 Å². The SMILES string of the molecule is c1ccc(N(c2ccccc2)c2ccc3c(c2)Oc2ccc4c5sc6cc(N(c7ccccc7)c7ccccc7)ccc6c5c5cccc6cc-3c2c4c65)cc1. The second-order valence-corrected chi connectivity index (χ2v) is 15.5. The predicted molar refractivity (Wildman–Crippen MR) is 238 cm³/mol. The zero-order chi connectivity index (χ0) is 36.7. The van der Waals surface area contributed by atoms with Crippen LogP contribution in [0.15, 0.2) is 194 Å². The first-order valence-corrected chi connectivity index (χ1v) is 19.8. The zero-order valence-corrected chi connectivity index (χ0v) is 31.0. The Bertz CT molecular complexity index is 3190. The summed E-state index contributed by atoms with van der Waals surface area (Å²) < 4.78 is 9.51. The number of nitrogens with zero attached hydrogens (tertiary/aromatic N) is 2. The number of hydrogen-bond donors (Lipinski definition) is 0. The lowest BCUT2D eigenvalue weighted by Crippen LogP contribution is -2.10. The van der Waals surface area contributed by atoms with Crippen LogP contribution in [0, 0.1) is 0 Å². The molecule has 4 heteroatoms. The average molecular weight is 733 g/mol. The number of benzene rings is 10. The van der Waals surface area contributed by atoms with Crippen molar-refractivity contribution in [2.24, 2.45) is 0 Å². The van der Waals surface area contributed by atoms with Crippen molar-refractivity contribution < 1.29 is 4.74 Å². The molecule has 0 saturated heterocycles. The molecule has 3 nitrogen and oxygen atoms in total. The molecule has 0 fully saturated rings. The maximum Gasteiger partial charge on any atom is 0.137 e. The first-order chi connectivity index (χ1) is 27.8. The van der Waals surface area contributed by atoms with Crippen LogP contribution in [0.1, 0.15) is 0 Å². The van der Waals surface area contributed by atoms with Gasteiger partial charge in [-0.05, 0) is 113 Å². The molecule has 262 valence electrons. The molecular weight excluding hydrogens is 701 g/mol. The summed E-state index contributed by atoms with van der Waals surface area (Å²) in [6.07, 6.45) is 0. The summed E-state index contributed by atoms with van der Waals surface area (Å²) >= 11 is 1.89. The minimum atomic E-state index is 0.866. The molecule has 10 aromatic carbocycles. The van der Waals surface area contributed by atoms with Crippen LogP contribution in [0.5, 0.6) is 11.5 Å². The van der Waals surface area contributed by atoms with Gasteiger partial charge in [0, 0.05) is 82.1 Å². The van der Waals surface area contributed by atoms with Gasteiger partial charge in [0.05, 0.1) is 0 Å². The summed E-state index contributed by atoms with van der Waals surface area (Å²) in [5.74, 6) is 1.77. The van der Waals surface area contributed by atoms with Crippen LogP contribution >= 0.6 is 11.3 Å². The Hall–Kier alpha value is -7.14. The van der Waals surface area contributed by atoms with E-state index >= 15 is 0 Å². The van der Waals surface area contributed by atoms with E-state index in [1.54, 1.807) is 0 Å². The first kappa shape index (κ1) is 31.2. The van der Waals surface area contributed by atoms with E-state index in [0.29, 0.717) is 0 Å². The van der Waals surface area contributed by atoms with Gasteiger partial charge in [-0.2, -0.15) is 0 Å². The van der Waals surface area contributed by atoms with Gasteiger partial charge < -0.3 is 14.5 Å². The lowest BCUT2D eigenvalue weighted by Gasteiger charge is -2.28. The molecule has 1 aliphatic rings. The molecule has 0 saturated carbocycles. The van der Waals surface area contributed by atoms with Crippen molar-refractivity contribution in [2.45, 2.75) is 0 Å².